The van der Waals surface area contributed by atoms with E-state index in [1.54, 1.807) is 0 Å². The van der Waals surface area contributed by atoms with Gasteiger partial charge in [0.05, 0.1) is 6.17 Å². The minimum Gasteiger partial charge on any atom is -0.316 e. The number of nitrogens with two attached hydrogens (primary N) is 1. The van der Waals surface area contributed by atoms with Gasteiger partial charge in [0.2, 0.25) is 0 Å². The molecule has 0 radical (unpaired) electrons. The van der Waals surface area contributed by atoms with Crippen LogP contribution in [0.5, 0.6) is 0 Å². The fourth-order valence-corrected chi connectivity index (χ4v) is 1.67. The van der Waals surface area contributed by atoms with E-state index in [4.69, 9.17) is 5.73 Å². The molecule has 1 saturated heterocycles. The van der Waals surface area contributed by atoms with E-state index >= 15 is 0 Å². The highest BCUT2D eigenvalue weighted by atomic mass is 15.2. The molecule has 2 nitrogen and oxygen atoms in total. The van der Waals surface area contributed by atoms with Crippen LogP contribution >= 0.6 is 0 Å². The first-order valence-electron chi connectivity index (χ1n) is 4.84. The summed E-state index contributed by atoms with van der Waals surface area (Å²) in [5, 5.41) is 0. The Kier molecular flexibility index (Phi) is 3.87. The maximum absolute atomic E-state index is 5.99. The first-order valence-corrected chi connectivity index (χ1v) is 4.84. The van der Waals surface area contributed by atoms with Crippen molar-refractivity contribution >= 4 is 0 Å². The molecule has 1 unspecified atom stereocenters. The molecule has 0 bridgehead atoms. The second-order valence-electron chi connectivity index (χ2n) is 3.45. The summed E-state index contributed by atoms with van der Waals surface area (Å²) >= 11 is 0. The van der Waals surface area contributed by atoms with Crippen molar-refractivity contribution in [2.24, 2.45) is 5.73 Å². The molecular weight excluding hydrogens is 136 g/mol. The van der Waals surface area contributed by atoms with Crippen LogP contribution in [-0.4, -0.2) is 24.2 Å². The zero-order valence-corrected chi connectivity index (χ0v) is 7.55. The summed E-state index contributed by atoms with van der Waals surface area (Å²) in [6.07, 6.45) is 6.76. The van der Waals surface area contributed by atoms with Gasteiger partial charge in [0, 0.05) is 0 Å². The van der Waals surface area contributed by atoms with Crippen molar-refractivity contribution in [1.82, 2.24) is 4.90 Å². The molecule has 66 valence electrons. The number of likely N-dealkylation sites (tertiary alicyclic amines) is 1. The monoisotopic (exact) mass is 156 g/mol. The topological polar surface area (TPSA) is 29.3 Å². The third kappa shape index (κ3) is 2.80. The van der Waals surface area contributed by atoms with Gasteiger partial charge in [0.15, 0.2) is 0 Å². The molecule has 0 aromatic rings. The Morgan fingerprint density at radius 2 is 2.00 bits per heavy atom. The van der Waals surface area contributed by atoms with E-state index in [0.717, 1.165) is 0 Å². The van der Waals surface area contributed by atoms with Crippen molar-refractivity contribution in [2.75, 3.05) is 13.1 Å². The normalized spacial score (nSPS) is 22.4. The lowest BCUT2D eigenvalue weighted by molar-refractivity contribution is 0.232. The lowest BCUT2D eigenvalue weighted by Crippen LogP contribution is -2.39. The number of hydrogen-bond acceptors (Lipinski definition) is 2. The first kappa shape index (κ1) is 9.01. The van der Waals surface area contributed by atoms with E-state index < -0.39 is 0 Å². The Hall–Kier alpha value is -0.0800. The average Bonchev–Trinajstić information content (AvgIpc) is 2.52. The zero-order chi connectivity index (χ0) is 8.10. The maximum Gasteiger partial charge on any atom is 0.0571 e. The van der Waals surface area contributed by atoms with Crippen LogP contribution in [-0.2, 0) is 0 Å². The summed E-state index contributed by atoms with van der Waals surface area (Å²) < 4.78 is 0. The zero-order valence-electron chi connectivity index (χ0n) is 7.55. The van der Waals surface area contributed by atoms with Crippen LogP contribution in [0.25, 0.3) is 0 Å². The lowest BCUT2D eigenvalue weighted by atomic mass is 10.2. The smallest absolute Gasteiger partial charge is 0.0571 e. The SMILES string of the molecule is CCCCC(N)N1CCCC1. The molecule has 1 heterocycles. The molecule has 1 aliphatic heterocycles. The molecular formula is C9H20N2. The van der Waals surface area contributed by atoms with Gasteiger partial charge in [-0.3, -0.25) is 4.90 Å². The van der Waals surface area contributed by atoms with Crippen molar-refractivity contribution in [1.29, 1.82) is 0 Å². The van der Waals surface area contributed by atoms with Gasteiger partial charge in [-0.2, -0.15) is 0 Å². The van der Waals surface area contributed by atoms with E-state index in [0.29, 0.717) is 6.17 Å². The van der Waals surface area contributed by atoms with Crippen molar-refractivity contribution in [3.8, 4) is 0 Å². The highest BCUT2D eigenvalue weighted by Gasteiger charge is 2.17. The highest BCUT2D eigenvalue weighted by molar-refractivity contribution is 4.71. The second-order valence-corrected chi connectivity index (χ2v) is 3.45. The van der Waals surface area contributed by atoms with Crippen molar-refractivity contribution in [3.05, 3.63) is 0 Å². The molecule has 1 fully saturated rings. The number of hydrogen-bond donors (Lipinski definition) is 1. The van der Waals surface area contributed by atoms with E-state index in [1.165, 1.54) is 45.2 Å². The Balaban J connectivity index is 2.12. The van der Waals surface area contributed by atoms with Crippen molar-refractivity contribution in [2.45, 2.75) is 45.2 Å². The molecule has 0 aromatic carbocycles. The molecule has 2 N–H and O–H groups in total. The van der Waals surface area contributed by atoms with Crippen LogP contribution in [0.1, 0.15) is 39.0 Å². The Bertz CT molecular complexity index is 97.7. The molecule has 0 spiro atoms. The van der Waals surface area contributed by atoms with Crippen molar-refractivity contribution < 1.29 is 0 Å². The van der Waals surface area contributed by atoms with Crippen LogP contribution in [0.3, 0.4) is 0 Å². The maximum atomic E-state index is 5.99. The van der Waals surface area contributed by atoms with Crippen LogP contribution in [0, 0.1) is 0 Å². The quantitative estimate of drug-likeness (QED) is 0.669. The summed E-state index contributed by atoms with van der Waals surface area (Å²) in [6, 6.07) is 0. The van der Waals surface area contributed by atoms with Gasteiger partial charge < -0.3 is 5.73 Å². The molecule has 2 heteroatoms. The molecule has 0 amide bonds. The second kappa shape index (κ2) is 4.73. The molecule has 0 aliphatic carbocycles. The Labute approximate surface area is 69.8 Å². The predicted molar refractivity (Wildman–Crippen MR) is 48.3 cm³/mol. The van der Waals surface area contributed by atoms with Crippen LogP contribution in [0.4, 0.5) is 0 Å². The average molecular weight is 156 g/mol. The Morgan fingerprint density at radius 3 is 2.55 bits per heavy atom. The van der Waals surface area contributed by atoms with Gasteiger partial charge >= 0.3 is 0 Å². The third-order valence-electron chi connectivity index (χ3n) is 2.46. The highest BCUT2D eigenvalue weighted by Crippen LogP contribution is 2.12. The number of nitrogens with zero attached hydrogens (tertiary/aromatic N) is 1. The van der Waals surface area contributed by atoms with Crippen molar-refractivity contribution in [3.63, 3.8) is 0 Å². The van der Waals surface area contributed by atoms with E-state index in [-0.39, 0.29) is 0 Å². The van der Waals surface area contributed by atoms with Gasteiger partial charge in [0.1, 0.15) is 0 Å². The summed E-state index contributed by atoms with van der Waals surface area (Å²) in [5.74, 6) is 0. The van der Waals surface area contributed by atoms with Gasteiger partial charge in [-0.1, -0.05) is 19.8 Å². The molecule has 1 rings (SSSR count). The lowest BCUT2D eigenvalue weighted by Gasteiger charge is -2.22. The summed E-state index contributed by atoms with van der Waals surface area (Å²) in [4.78, 5) is 2.41. The van der Waals surface area contributed by atoms with Crippen LogP contribution in [0.2, 0.25) is 0 Å². The third-order valence-corrected chi connectivity index (χ3v) is 2.46. The van der Waals surface area contributed by atoms with Crippen LogP contribution in [0.15, 0.2) is 0 Å². The summed E-state index contributed by atoms with van der Waals surface area (Å²) in [5.41, 5.74) is 5.99. The molecule has 1 atom stereocenters. The first-order chi connectivity index (χ1) is 5.34. The van der Waals surface area contributed by atoms with E-state index in [9.17, 15) is 0 Å². The van der Waals surface area contributed by atoms with E-state index in [2.05, 4.69) is 11.8 Å². The van der Waals surface area contributed by atoms with Gasteiger partial charge in [-0.25, -0.2) is 0 Å². The minimum absolute atomic E-state index is 0.345. The molecule has 11 heavy (non-hydrogen) atoms. The fourth-order valence-electron chi connectivity index (χ4n) is 1.67. The minimum atomic E-state index is 0.345. The molecule has 0 aromatic heterocycles. The predicted octanol–water partition coefficient (Wildman–Crippen LogP) is 1.56. The Morgan fingerprint density at radius 1 is 1.36 bits per heavy atom. The van der Waals surface area contributed by atoms with E-state index in [1.807, 2.05) is 0 Å². The summed E-state index contributed by atoms with van der Waals surface area (Å²) in [6.45, 7) is 4.67. The summed E-state index contributed by atoms with van der Waals surface area (Å²) in [7, 11) is 0. The fraction of sp³-hybridized carbons (Fsp3) is 1.00. The molecule has 0 saturated carbocycles. The van der Waals surface area contributed by atoms with Gasteiger partial charge in [-0.15, -0.1) is 0 Å². The van der Waals surface area contributed by atoms with Crippen LogP contribution < -0.4 is 5.73 Å². The van der Waals surface area contributed by atoms with Gasteiger partial charge in [-0.05, 0) is 32.4 Å². The molecule has 1 aliphatic rings. The number of rotatable bonds is 4. The van der Waals surface area contributed by atoms with Gasteiger partial charge in [0.25, 0.3) is 0 Å². The number of unbranched alkanes of at least 4 members (excludes halogenated alkanes) is 1. The largest absolute Gasteiger partial charge is 0.316 e. The standard InChI is InChI=1S/C9H20N2/c1-2-3-6-9(10)11-7-4-5-8-11/h9H,2-8,10H2,1H3.